The minimum atomic E-state index is -0.176. The van der Waals surface area contributed by atoms with Gasteiger partial charge in [-0.1, -0.05) is 160 Å². The molecule has 10 heteroatoms. The van der Waals surface area contributed by atoms with Crippen molar-refractivity contribution in [2.45, 2.75) is 251 Å². The molecule has 13 N–H and O–H groups in total. The summed E-state index contributed by atoms with van der Waals surface area (Å²) in [6.45, 7) is 10.3. The van der Waals surface area contributed by atoms with E-state index in [0.717, 1.165) is 90.4 Å². The maximum atomic E-state index is 13.4. The molecule has 0 aliphatic heterocycles. The minimum Gasteiger partial charge on any atom is -0.490 e. The Morgan fingerprint density at radius 3 is 1.41 bits per heavy atom. The van der Waals surface area contributed by atoms with Gasteiger partial charge in [-0.15, -0.1) is 0 Å². The molecular formula is C60H116N6O4+4. The van der Waals surface area contributed by atoms with Crippen LogP contribution in [0.3, 0.4) is 0 Å². The number of carbonyl (C=O) groups excluding carboxylic acids is 2. The van der Waals surface area contributed by atoms with Crippen LogP contribution < -0.4 is 42.6 Å². The summed E-state index contributed by atoms with van der Waals surface area (Å²) in [6.07, 6.45) is 54.0. The van der Waals surface area contributed by atoms with Crippen molar-refractivity contribution in [1.82, 2.24) is 10.6 Å². The predicted octanol–water partition coefficient (Wildman–Crippen LogP) is 10.8. The summed E-state index contributed by atoms with van der Waals surface area (Å²) in [5, 5.41) is 8.33. The van der Waals surface area contributed by atoms with Crippen LogP contribution in [0.2, 0.25) is 0 Å². The lowest BCUT2D eigenvalue weighted by molar-refractivity contribution is -0.679. The molecule has 0 saturated heterocycles. The average Bonchev–Trinajstić information content (AvgIpc) is 3.37. The Morgan fingerprint density at radius 1 is 0.500 bits per heavy atom. The lowest BCUT2D eigenvalue weighted by Crippen LogP contribution is -2.93. The third-order valence-electron chi connectivity index (χ3n) is 13.8. The van der Waals surface area contributed by atoms with Gasteiger partial charge in [0.15, 0.2) is 17.5 Å². The molecule has 2 amide bonds. The summed E-state index contributed by atoms with van der Waals surface area (Å²) in [7, 11) is 0. The molecule has 1 rings (SSSR count). The predicted molar refractivity (Wildman–Crippen MR) is 296 cm³/mol. The summed E-state index contributed by atoms with van der Waals surface area (Å²) in [4.78, 5) is 26.8. The highest BCUT2D eigenvalue weighted by molar-refractivity contribution is 5.95. The maximum absolute atomic E-state index is 13.4. The smallest absolute Gasteiger partial charge is 0.278 e. The topological polar surface area (TPSA) is 176 Å². The first-order chi connectivity index (χ1) is 34.5. The van der Waals surface area contributed by atoms with E-state index in [1.165, 1.54) is 167 Å². The van der Waals surface area contributed by atoms with Gasteiger partial charge in [0, 0.05) is 31.5 Å². The zero-order chi connectivity index (χ0) is 50.6. The quantitative estimate of drug-likeness (QED) is 0.0282. The van der Waals surface area contributed by atoms with Gasteiger partial charge in [0.25, 0.3) is 11.8 Å². The molecule has 0 spiro atoms. The van der Waals surface area contributed by atoms with Crippen LogP contribution in [-0.2, 0) is 4.79 Å². The van der Waals surface area contributed by atoms with E-state index in [4.69, 9.17) is 9.47 Å². The van der Waals surface area contributed by atoms with Gasteiger partial charge in [-0.2, -0.15) is 0 Å². The molecule has 0 radical (unpaired) electrons. The summed E-state index contributed by atoms with van der Waals surface area (Å²) in [5.41, 5.74) is 12.6. The number of amides is 2. The molecule has 0 saturated carbocycles. The van der Waals surface area contributed by atoms with E-state index in [-0.39, 0.29) is 17.9 Å². The van der Waals surface area contributed by atoms with Crippen molar-refractivity contribution in [3.05, 3.63) is 48.1 Å². The van der Waals surface area contributed by atoms with Crippen LogP contribution in [0.5, 0.6) is 11.5 Å². The fourth-order valence-electron chi connectivity index (χ4n) is 9.28. The molecule has 0 aliphatic rings. The number of nitrogens with one attached hydrogen (secondary N) is 2. The van der Waals surface area contributed by atoms with E-state index in [9.17, 15) is 9.59 Å². The highest BCUT2D eigenvalue weighted by atomic mass is 16.5. The normalized spacial score (nSPS) is 12.1. The number of rotatable bonds is 53. The number of nitrogens with two attached hydrogens (primary N) is 1. The van der Waals surface area contributed by atoms with E-state index in [2.05, 4.69) is 71.3 Å². The number of hydrogen-bond donors (Lipinski definition) is 6. The lowest BCUT2D eigenvalue weighted by atomic mass is 9.91. The Hall–Kier alpha value is -2.92. The largest absolute Gasteiger partial charge is 0.490 e. The van der Waals surface area contributed by atoms with Crippen LogP contribution in [0.25, 0.3) is 0 Å². The van der Waals surface area contributed by atoms with E-state index in [0.29, 0.717) is 49.3 Å². The van der Waals surface area contributed by atoms with Crippen LogP contribution in [0.4, 0.5) is 0 Å². The first-order valence-electron chi connectivity index (χ1n) is 30.0. The third-order valence-corrected chi connectivity index (χ3v) is 13.8. The summed E-state index contributed by atoms with van der Waals surface area (Å²) in [6, 6.07) is 5.43. The van der Waals surface area contributed by atoms with Crippen LogP contribution >= 0.6 is 0 Å². The van der Waals surface area contributed by atoms with Crippen LogP contribution in [0, 0.1) is 5.92 Å². The molecule has 1 aromatic rings. The molecule has 406 valence electrons. The van der Waals surface area contributed by atoms with Crippen LogP contribution in [-0.4, -0.2) is 70.3 Å². The number of ether oxygens (including phenoxy) is 2. The van der Waals surface area contributed by atoms with Gasteiger partial charge in [-0.05, 0) is 120 Å². The standard InChI is InChI=1S/C60H112N6O4/c1-3-5-7-9-11-13-15-17-19-21-23-25-27-29-31-33-51-69-57-44-43-55(53-58(57)70-52-34-32-30-28-26-24-22-20-18-16-14-12-10-8-6-4-2)59(67)65-49-50-66-60(68)56(64-48-38-47-63)42-35-39-54(40-36-45-61)41-37-46-62/h17-20,43-44,53-54,56,64H,3-16,21-42,45-52,61-63H2,1-2H3,(H,65,67)(H,66,68)/p+4/b19-17-,20-18-/t56-/m0/s1. The minimum absolute atomic E-state index is 0.0515. The average molecular weight is 986 g/mol. The molecule has 0 aliphatic carbocycles. The Labute approximate surface area is 431 Å². The van der Waals surface area contributed by atoms with Crippen molar-refractivity contribution in [2.24, 2.45) is 5.92 Å². The van der Waals surface area contributed by atoms with E-state index in [1.807, 2.05) is 18.2 Å². The van der Waals surface area contributed by atoms with Gasteiger partial charge < -0.3 is 42.6 Å². The van der Waals surface area contributed by atoms with Crippen molar-refractivity contribution in [2.75, 3.05) is 52.5 Å². The molecular weight excluding hydrogens is 869 g/mol. The third kappa shape index (κ3) is 39.7. The monoisotopic (exact) mass is 985 g/mol. The number of benzene rings is 1. The number of allylic oxidation sites excluding steroid dienone is 4. The fourth-order valence-corrected chi connectivity index (χ4v) is 9.28. The molecule has 0 unspecified atom stereocenters. The second kappa shape index (κ2) is 51.0. The first kappa shape index (κ1) is 65.1. The number of quaternary nitrogens is 4. The van der Waals surface area contributed by atoms with Crippen molar-refractivity contribution < 1.29 is 41.6 Å². The number of unbranched alkanes of at least 4 members (excludes halogenated alkanes) is 24. The second-order valence-electron chi connectivity index (χ2n) is 20.4. The Balaban J connectivity index is 2.62. The Morgan fingerprint density at radius 2 is 0.929 bits per heavy atom. The molecule has 10 nitrogen and oxygen atoms in total. The Bertz CT molecular complexity index is 1370. The van der Waals surface area contributed by atoms with Crippen molar-refractivity contribution in [3.63, 3.8) is 0 Å². The van der Waals surface area contributed by atoms with Gasteiger partial charge in [0.05, 0.1) is 39.4 Å². The van der Waals surface area contributed by atoms with Gasteiger partial charge in [0.2, 0.25) is 0 Å². The van der Waals surface area contributed by atoms with Crippen molar-refractivity contribution >= 4 is 11.8 Å². The molecule has 1 aromatic carbocycles. The molecule has 0 fully saturated rings. The number of hydrogen-bond acceptors (Lipinski definition) is 4. The zero-order valence-electron chi connectivity index (χ0n) is 46.1. The van der Waals surface area contributed by atoms with Gasteiger partial charge >= 0.3 is 0 Å². The van der Waals surface area contributed by atoms with E-state index >= 15 is 0 Å². The van der Waals surface area contributed by atoms with Crippen molar-refractivity contribution in [3.8, 4) is 11.5 Å². The van der Waals surface area contributed by atoms with Crippen molar-refractivity contribution in [1.29, 1.82) is 0 Å². The molecule has 0 bridgehead atoms. The molecule has 70 heavy (non-hydrogen) atoms. The highest BCUT2D eigenvalue weighted by Gasteiger charge is 2.22. The summed E-state index contributed by atoms with van der Waals surface area (Å²) >= 11 is 0. The Kier molecular flexibility index (Phi) is 47.4. The van der Waals surface area contributed by atoms with Crippen LogP contribution in [0.15, 0.2) is 42.5 Å². The first-order valence-corrected chi connectivity index (χ1v) is 30.0. The second-order valence-corrected chi connectivity index (χ2v) is 20.4. The van der Waals surface area contributed by atoms with Crippen LogP contribution in [0.1, 0.15) is 255 Å². The van der Waals surface area contributed by atoms with Gasteiger partial charge in [0.1, 0.15) is 0 Å². The molecule has 0 aromatic heterocycles. The summed E-state index contributed by atoms with van der Waals surface area (Å²) in [5.74, 6) is 1.91. The van der Waals surface area contributed by atoms with Gasteiger partial charge in [-0.3, -0.25) is 9.59 Å². The van der Waals surface area contributed by atoms with E-state index < -0.39 is 0 Å². The summed E-state index contributed by atoms with van der Waals surface area (Å²) < 4.78 is 12.7. The van der Waals surface area contributed by atoms with Gasteiger partial charge in [-0.25, -0.2) is 0 Å². The highest BCUT2D eigenvalue weighted by Crippen LogP contribution is 2.29. The lowest BCUT2D eigenvalue weighted by Gasteiger charge is -2.19. The number of carbonyl (C=O) groups is 2. The zero-order valence-corrected chi connectivity index (χ0v) is 46.1. The maximum Gasteiger partial charge on any atom is 0.278 e. The molecule has 0 heterocycles. The van der Waals surface area contributed by atoms with E-state index in [1.54, 1.807) is 0 Å². The fraction of sp³-hybridized carbons (Fsp3) is 0.800. The molecule has 1 atom stereocenters. The SMILES string of the molecule is CCCCCCCC/C=C\CCCCCCCCOc1ccc(C(=O)NCCNC(=O)[C@H](CCCC(CCC[NH3+])CCC[NH3+])[NH2+]CCC[NH3+])cc1OCCCCCCCC/C=C\CCCCCCCC.